The first kappa shape index (κ1) is 9.28. The highest BCUT2D eigenvalue weighted by Crippen LogP contribution is 1.81. The van der Waals surface area contributed by atoms with Crippen molar-refractivity contribution in [2.45, 2.75) is 0 Å². The lowest BCUT2D eigenvalue weighted by molar-refractivity contribution is 0.101. The fourth-order valence-electron chi connectivity index (χ4n) is 0.265. The van der Waals surface area contributed by atoms with Gasteiger partial charge in [0.2, 0.25) is 0 Å². The molecule has 0 aliphatic heterocycles. The summed E-state index contributed by atoms with van der Waals surface area (Å²) in [6, 6.07) is 0. The molecule has 0 atom stereocenters. The van der Waals surface area contributed by atoms with Crippen LogP contribution in [0.5, 0.6) is 0 Å². The minimum absolute atomic E-state index is 0.234. The Bertz CT molecular complexity index is 172. The fraction of sp³-hybridized carbons (Fsp3) is 0.200. The van der Waals surface area contributed by atoms with Crippen LogP contribution in [-0.2, 0) is 9.47 Å². The van der Waals surface area contributed by atoms with Gasteiger partial charge in [0.15, 0.2) is 0 Å². The van der Waals surface area contributed by atoms with Crippen molar-refractivity contribution in [3.05, 3.63) is 12.3 Å². The first-order valence-corrected chi connectivity index (χ1v) is 2.53. The van der Waals surface area contributed by atoms with E-state index in [0.717, 1.165) is 12.3 Å². The van der Waals surface area contributed by atoms with Crippen molar-refractivity contribution in [2.24, 2.45) is 0 Å². The van der Waals surface area contributed by atoms with E-state index in [2.05, 4.69) is 9.47 Å². The molecule has 0 spiro atoms. The zero-order chi connectivity index (χ0) is 8.69. The van der Waals surface area contributed by atoms with Crippen LogP contribution in [0.25, 0.3) is 0 Å². The Labute approximate surface area is 61.6 Å². The molecule has 0 saturated heterocycles. The Morgan fingerprint density at radius 2 is 1.91 bits per heavy atom. The van der Waals surface area contributed by atoms with Gasteiger partial charge in [-0.1, -0.05) is 0 Å². The Kier molecular flexibility index (Phi) is 4.30. The fourth-order valence-corrected chi connectivity index (χ4v) is 0.265. The third kappa shape index (κ3) is 8.28. The number of hydrogen-bond acceptors (Lipinski definition) is 4. The third-order valence-corrected chi connectivity index (χ3v) is 0.568. The summed E-state index contributed by atoms with van der Waals surface area (Å²) in [5.74, 6) is 0. The van der Waals surface area contributed by atoms with Crippen LogP contribution in [-0.4, -0.2) is 29.1 Å². The molecule has 62 valence electrons. The largest absolute Gasteiger partial charge is 0.510 e. The Balaban J connectivity index is 3.30. The van der Waals surface area contributed by atoms with E-state index in [1.807, 2.05) is 0 Å². The van der Waals surface area contributed by atoms with Crippen LogP contribution in [0, 0.1) is 0 Å². The van der Waals surface area contributed by atoms with Crippen molar-refractivity contribution >= 4 is 12.3 Å². The summed E-state index contributed by atoms with van der Waals surface area (Å²) in [5, 5.41) is 15.8. The summed E-state index contributed by atoms with van der Waals surface area (Å²) in [5.41, 5.74) is 0. The van der Waals surface area contributed by atoms with E-state index < -0.39 is 12.3 Å². The second-order valence-electron chi connectivity index (χ2n) is 1.33. The minimum atomic E-state index is -1.46. The SMILES string of the molecule is O=C(O)O/C=C/COC(=O)O. The van der Waals surface area contributed by atoms with Gasteiger partial charge in [0, 0.05) is 0 Å². The van der Waals surface area contributed by atoms with E-state index in [9.17, 15) is 9.59 Å². The lowest BCUT2D eigenvalue weighted by atomic mass is 10.7. The van der Waals surface area contributed by atoms with Gasteiger partial charge >= 0.3 is 12.3 Å². The number of hydrogen-bond donors (Lipinski definition) is 2. The van der Waals surface area contributed by atoms with Crippen molar-refractivity contribution in [3.63, 3.8) is 0 Å². The molecular weight excluding hydrogens is 156 g/mol. The van der Waals surface area contributed by atoms with Gasteiger partial charge in [0.1, 0.15) is 6.61 Å². The standard InChI is InChI=1S/C5H6O6/c6-4(7)10-2-1-3-11-5(8)9/h1-2H,3H2,(H,6,7)(H,8,9)/b2-1+. The molecule has 0 saturated carbocycles. The zero-order valence-corrected chi connectivity index (χ0v) is 5.39. The average Bonchev–Trinajstić information content (AvgIpc) is 1.85. The van der Waals surface area contributed by atoms with Crippen molar-refractivity contribution in [2.75, 3.05) is 6.61 Å². The van der Waals surface area contributed by atoms with E-state index in [0.29, 0.717) is 0 Å². The van der Waals surface area contributed by atoms with Crippen molar-refractivity contribution in [1.29, 1.82) is 0 Å². The molecule has 0 aliphatic rings. The summed E-state index contributed by atoms with van der Waals surface area (Å²) in [4.78, 5) is 19.3. The summed E-state index contributed by atoms with van der Waals surface area (Å²) < 4.78 is 7.87. The minimum Gasteiger partial charge on any atom is -0.450 e. The van der Waals surface area contributed by atoms with Crippen LogP contribution in [0.2, 0.25) is 0 Å². The van der Waals surface area contributed by atoms with Crippen molar-refractivity contribution in [3.8, 4) is 0 Å². The normalized spacial score (nSPS) is 9.45. The second-order valence-corrected chi connectivity index (χ2v) is 1.33. The molecule has 0 fully saturated rings. The summed E-state index contributed by atoms with van der Waals surface area (Å²) in [7, 11) is 0. The summed E-state index contributed by atoms with van der Waals surface area (Å²) in [6.45, 7) is -0.234. The quantitative estimate of drug-likeness (QED) is 0.472. The molecule has 0 aromatic rings. The Hall–Kier alpha value is -1.72. The molecule has 11 heavy (non-hydrogen) atoms. The summed E-state index contributed by atoms with van der Waals surface area (Å²) >= 11 is 0. The molecule has 2 N–H and O–H groups in total. The molecule has 0 amide bonds. The van der Waals surface area contributed by atoms with Gasteiger partial charge in [-0.05, 0) is 6.08 Å². The molecular formula is C5H6O6. The van der Waals surface area contributed by atoms with Crippen LogP contribution in [0.4, 0.5) is 9.59 Å². The monoisotopic (exact) mass is 162 g/mol. The highest BCUT2D eigenvalue weighted by molar-refractivity contribution is 5.58. The van der Waals surface area contributed by atoms with Gasteiger partial charge in [0.25, 0.3) is 0 Å². The number of rotatable bonds is 3. The lowest BCUT2D eigenvalue weighted by Crippen LogP contribution is -1.99. The van der Waals surface area contributed by atoms with Gasteiger partial charge in [-0.25, -0.2) is 9.59 Å². The number of carboxylic acid groups (broad SMARTS) is 2. The smallest absolute Gasteiger partial charge is 0.450 e. The zero-order valence-electron chi connectivity index (χ0n) is 5.39. The van der Waals surface area contributed by atoms with E-state index >= 15 is 0 Å². The van der Waals surface area contributed by atoms with Crippen LogP contribution in [0.1, 0.15) is 0 Å². The molecule has 6 nitrogen and oxygen atoms in total. The van der Waals surface area contributed by atoms with Gasteiger partial charge in [-0.15, -0.1) is 0 Å². The van der Waals surface area contributed by atoms with Crippen LogP contribution < -0.4 is 0 Å². The lowest BCUT2D eigenvalue weighted by Gasteiger charge is -1.92. The molecule has 0 rings (SSSR count). The van der Waals surface area contributed by atoms with Crippen molar-refractivity contribution in [1.82, 2.24) is 0 Å². The molecule has 0 aromatic carbocycles. The molecule has 0 aromatic heterocycles. The molecule has 0 unspecified atom stereocenters. The van der Waals surface area contributed by atoms with Crippen LogP contribution >= 0.6 is 0 Å². The molecule has 0 aliphatic carbocycles. The Morgan fingerprint density at radius 1 is 1.27 bits per heavy atom. The highest BCUT2D eigenvalue weighted by atomic mass is 16.7. The highest BCUT2D eigenvalue weighted by Gasteiger charge is 1.92. The van der Waals surface area contributed by atoms with E-state index in [-0.39, 0.29) is 6.61 Å². The first-order chi connectivity index (χ1) is 5.13. The van der Waals surface area contributed by atoms with Crippen LogP contribution in [0.3, 0.4) is 0 Å². The second kappa shape index (κ2) is 5.10. The molecule has 0 radical (unpaired) electrons. The van der Waals surface area contributed by atoms with Crippen molar-refractivity contribution < 1.29 is 29.3 Å². The molecule has 0 bridgehead atoms. The number of ether oxygens (including phenoxy) is 2. The predicted molar refractivity (Wildman–Crippen MR) is 32.2 cm³/mol. The van der Waals surface area contributed by atoms with E-state index in [4.69, 9.17) is 10.2 Å². The Morgan fingerprint density at radius 3 is 2.36 bits per heavy atom. The third-order valence-electron chi connectivity index (χ3n) is 0.568. The topological polar surface area (TPSA) is 93.1 Å². The number of carbonyl (C=O) groups is 2. The average molecular weight is 162 g/mol. The maximum atomic E-state index is 9.68. The van der Waals surface area contributed by atoms with Gasteiger partial charge in [-0.2, -0.15) is 0 Å². The molecule has 0 heterocycles. The summed E-state index contributed by atoms with van der Waals surface area (Å²) in [6.07, 6.45) is -0.949. The van der Waals surface area contributed by atoms with E-state index in [1.165, 1.54) is 0 Å². The van der Waals surface area contributed by atoms with Crippen LogP contribution in [0.15, 0.2) is 12.3 Å². The predicted octanol–water partition coefficient (Wildman–Crippen LogP) is 0.889. The maximum absolute atomic E-state index is 9.68. The van der Waals surface area contributed by atoms with Gasteiger partial charge in [0.05, 0.1) is 6.26 Å². The first-order valence-electron chi connectivity index (χ1n) is 2.53. The van der Waals surface area contributed by atoms with E-state index in [1.54, 1.807) is 0 Å². The van der Waals surface area contributed by atoms with Gasteiger partial charge in [-0.3, -0.25) is 0 Å². The maximum Gasteiger partial charge on any atom is 0.510 e. The van der Waals surface area contributed by atoms with Gasteiger partial charge < -0.3 is 19.7 Å². The molecule has 6 heteroatoms.